The maximum Gasteiger partial charge on any atom is 0.129 e. The highest BCUT2D eigenvalue weighted by Gasteiger charge is 2.14. The summed E-state index contributed by atoms with van der Waals surface area (Å²) in [5.41, 5.74) is 2.32. The molecule has 0 bridgehead atoms. The molecule has 1 N–H and O–H groups in total. The van der Waals surface area contributed by atoms with E-state index in [1.165, 1.54) is 35.3 Å². The molecule has 2 aromatic rings. The van der Waals surface area contributed by atoms with Crippen LogP contribution < -0.4 is 5.32 Å². The Morgan fingerprint density at radius 2 is 2.00 bits per heavy atom. The minimum Gasteiger partial charge on any atom is -0.367 e. The molecule has 0 saturated carbocycles. The van der Waals surface area contributed by atoms with Crippen LogP contribution in [0.15, 0.2) is 30.3 Å². The number of hydrogen-bond donors (Lipinski definition) is 1. The van der Waals surface area contributed by atoms with Crippen LogP contribution in [0.1, 0.15) is 18.4 Å². The van der Waals surface area contributed by atoms with Crippen LogP contribution in [0.2, 0.25) is 0 Å². The third kappa shape index (κ3) is 2.46. The van der Waals surface area contributed by atoms with Gasteiger partial charge in [0.05, 0.1) is 5.52 Å². The van der Waals surface area contributed by atoms with Crippen LogP contribution >= 0.6 is 11.8 Å². The molecular formula is C15H18N2S. The molecule has 1 saturated heterocycles. The Balaban J connectivity index is 1.88. The lowest BCUT2D eigenvalue weighted by molar-refractivity contribution is 0.663. The van der Waals surface area contributed by atoms with Gasteiger partial charge >= 0.3 is 0 Å². The van der Waals surface area contributed by atoms with E-state index in [2.05, 4.69) is 48.3 Å². The Morgan fingerprint density at radius 1 is 1.22 bits per heavy atom. The molecule has 0 unspecified atom stereocenters. The minimum absolute atomic E-state index is 0.596. The second-order valence-electron chi connectivity index (χ2n) is 4.88. The van der Waals surface area contributed by atoms with E-state index < -0.39 is 0 Å². The average molecular weight is 258 g/mol. The van der Waals surface area contributed by atoms with E-state index in [1.54, 1.807) is 0 Å². The molecule has 1 aliphatic rings. The fourth-order valence-electron chi connectivity index (χ4n) is 2.40. The summed E-state index contributed by atoms with van der Waals surface area (Å²) in [5.74, 6) is 3.60. The van der Waals surface area contributed by atoms with E-state index in [9.17, 15) is 0 Å². The van der Waals surface area contributed by atoms with Crippen molar-refractivity contribution >= 4 is 28.5 Å². The minimum atomic E-state index is 0.596. The monoisotopic (exact) mass is 258 g/mol. The van der Waals surface area contributed by atoms with Crippen LogP contribution in [-0.4, -0.2) is 22.5 Å². The smallest absolute Gasteiger partial charge is 0.129 e. The van der Waals surface area contributed by atoms with Crippen LogP contribution in [0, 0.1) is 6.92 Å². The first-order chi connectivity index (χ1) is 8.83. The Kier molecular flexibility index (Phi) is 3.41. The van der Waals surface area contributed by atoms with Crippen molar-refractivity contribution in [2.45, 2.75) is 25.8 Å². The standard InChI is InChI=1S/C15H18N2S/c1-11-10-12-4-2-3-5-14(12)17-15(11)16-13-6-8-18-9-7-13/h2-5,10,13H,6-9H2,1H3,(H,16,17). The topological polar surface area (TPSA) is 24.9 Å². The molecule has 1 fully saturated rings. The molecule has 94 valence electrons. The maximum atomic E-state index is 4.75. The van der Waals surface area contributed by atoms with Gasteiger partial charge in [-0.2, -0.15) is 11.8 Å². The fraction of sp³-hybridized carbons (Fsp3) is 0.400. The molecule has 1 aromatic heterocycles. The molecule has 0 atom stereocenters. The van der Waals surface area contributed by atoms with Crippen molar-refractivity contribution in [3.63, 3.8) is 0 Å². The number of aryl methyl sites for hydroxylation is 1. The summed E-state index contributed by atoms with van der Waals surface area (Å²) in [4.78, 5) is 4.75. The zero-order valence-corrected chi connectivity index (χ0v) is 11.5. The molecule has 2 nitrogen and oxygen atoms in total. The first-order valence-corrected chi connectivity index (χ1v) is 7.69. The number of thioether (sulfide) groups is 1. The summed E-state index contributed by atoms with van der Waals surface area (Å²) >= 11 is 2.06. The van der Waals surface area contributed by atoms with Crippen LogP contribution in [0.5, 0.6) is 0 Å². The van der Waals surface area contributed by atoms with E-state index in [0.29, 0.717) is 6.04 Å². The number of pyridine rings is 1. The summed E-state index contributed by atoms with van der Waals surface area (Å²) < 4.78 is 0. The number of nitrogens with zero attached hydrogens (tertiary/aromatic N) is 1. The van der Waals surface area contributed by atoms with Crippen molar-refractivity contribution in [3.8, 4) is 0 Å². The van der Waals surface area contributed by atoms with Gasteiger partial charge in [0, 0.05) is 11.4 Å². The van der Waals surface area contributed by atoms with E-state index >= 15 is 0 Å². The number of fused-ring (bicyclic) bond motifs is 1. The van der Waals surface area contributed by atoms with Crippen molar-refractivity contribution in [2.24, 2.45) is 0 Å². The van der Waals surface area contributed by atoms with Gasteiger partial charge in [-0.05, 0) is 49.0 Å². The maximum absolute atomic E-state index is 4.75. The number of rotatable bonds is 2. The molecule has 0 radical (unpaired) electrons. The third-order valence-corrected chi connectivity index (χ3v) is 4.53. The summed E-state index contributed by atoms with van der Waals surface area (Å²) in [7, 11) is 0. The van der Waals surface area contributed by atoms with Crippen molar-refractivity contribution < 1.29 is 0 Å². The number of nitrogens with one attached hydrogen (secondary N) is 1. The van der Waals surface area contributed by atoms with Gasteiger partial charge in [0.2, 0.25) is 0 Å². The molecule has 3 heteroatoms. The molecule has 18 heavy (non-hydrogen) atoms. The first-order valence-electron chi connectivity index (χ1n) is 6.53. The van der Waals surface area contributed by atoms with Gasteiger partial charge in [-0.1, -0.05) is 18.2 Å². The van der Waals surface area contributed by atoms with Gasteiger partial charge in [-0.3, -0.25) is 0 Å². The fourth-order valence-corrected chi connectivity index (χ4v) is 3.51. The number of aromatic nitrogens is 1. The molecule has 1 aromatic carbocycles. The molecule has 2 heterocycles. The zero-order chi connectivity index (χ0) is 12.4. The summed E-state index contributed by atoms with van der Waals surface area (Å²) in [5, 5.41) is 4.84. The summed E-state index contributed by atoms with van der Waals surface area (Å²) in [6.07, 6.45) is 2.50. The third-order valence-electron chi connectivity index (χ3n) is 3.48. The predicted molar refractivity (Wildman–Crippen MR) is 80.4 cm³/mol. The number of benzene rings is 1. The normalized spacial score (nSPS) is 16.9. The first kappa shape index (κ1) is 11.8. The Morgan fingerprint density at radius 3 is 2.83 bits per heavy atom. The molecule has 0 spiro atoms. The molecular weight excluding hydrogens is 240 g/mol. The lowest BCUT2D eigenvalue weighted by Crippen LogP contribution is -2.25. The largest absolute Gasteiger partial charge is 0.367 e. The summed E-state index contributed by atoms with van der Waals surface area (Å²) in [6.45, 7) is 2.14. The van der Waals surface area contributed by atoms with Crippen molar-refractivity contribution in [1.82, 2.24) is 4.98 Å². The van der Waals surface area contributed by atoms with Gasteiger partial charge in [0.15, 0.2) is 0 Å². The highest BCUT2D eigenvalue weighted by molar-refractivity contribution is 7.99. The SMILES string of the molecule is Cc1cc2ccccc2nc1NC1CCSCC1. The van der Waals surface area contributed by atoms with Crippen LogP contribution in [-0.2, 0) is 0 Å². The van der Waals surface area contributed by atoms with Gasteiger partial charge in [0.25, 0.3) is 0 Å². The molecule has 0 amide bonds. The predicted octanol–water partition coefficient (Wildman–Crippen LogP) is 3.85. The average Bonchev–Trinajstić information content (AvgIpc) is 2.41. The Labute approximate surface area is 112 Å². The lowest BCUT2D eigenvalue weighted by atomic mass is 10.1. The van der Waals surface area contributed by atoms with Crippen LogP contribution in [0.4, 0.5) is 5.82 Å². The van der Waals surface area contributed by atoms with Crippen molar-refractivity contribution in [3.05, 3.63) is 35.9 Å². The Hall–Kier alpha value is -1.22. The molecule has 1 aliphatic heterocycles. The second kappa shape index (κ2) is 5.19. The molecule has 3 rings (SSSR count). The Bertz CT molecular complexity index is 547. The summed E-state index contributed by atoms with van der Waals surface area (Å²) in [6, 6.07) is 11.1. The molecule has 0 aliphatic carbocycles. The zero-order valence-electron chi connectivity index (χ0n) is 10.6. The highest BCUT2D eigenvalue weighted by Crippen LogP contribution is 2.24. The van der Waals surface area contributed by atoms with E-state index in [0.717, 1.165) is 11.3 Å². The highest BCUT2D eigenvalue weighted by atomic mass is 32.2. The number of hydrogen-bond acceptors (Lipinski definition) is 3. The quantitative estimate of drug-likeness (QED) is 0.885. The van der Waals surface area contributed by atoms with Crippen molar-refractivity contribution in [2.75, 3.05) is 16.8 Å². The van der Waals surface area contributed by atoms with Gasteiger partial charge in [0.1, 0.15) is 5.82 Å². The second-order valence-corrected chi connectivity index (χ2v) is 6.10. The lowest BCUT2D eigenvalue weighted by Gasteiger charge is -2.24. The van der Waals surface area contributed by atoms with E-state index in [1.807, 2.05) is 6.07 Å². The number of para-hydroxylation sites is 1. The van der Waals surface area contributed by atoms with E-state index in [-0.39, 0.29) is 0 Å². The van der Waals surface area contributed by atoms with E-state index in [4.69, 9.17) is 4.98 Å². The van der Waals surface area contributed by atoms with Crippen LogP contribution in [0.25, 0.3) is 10.9 Å². The van der Waals surface area contributed by atoms with Gasteiger partial charge in [-0.25, -0.2) is 4.98 Å². The van der Waals surface area contributed by atoms with Gasteiger partial charge < -0.3 is 5.32 Å². The number of anilines is 1. The van der Waals surface area contributed by atoms with Gasteiger partial charge in [-0.15, -0.1) is 0 Å². The van der Waals surface area contributed by atoms with Crippen LogP contribution in [0.3, 0.4) is 0 Å². The van der Waals surface area contributed by atoms with Crippen molar-refractivity contribution in [1.29, 1.82) is 0 Å².